The number of methoxy groups -OCH3 is 1. The summed E-state index contributed by atoms with van der Waals surface area (Å²) in [6.07, 6.45) is -0.767. The number of ether oxygens (including phenoxy) is 2. The summed E-state index contributed by atoms with van der Waals surface area (Å²) < 4.78 is 22.6. The van der Waals surface area contributed by atoms with Gasteiger partial charge in [0, 0.05) is 0 Å². The van der Waals surface area contributed by atoms with E-state index in [-0.39, 0.29) is 5.82 Å². The molecule has 0 unspecified atom stereocenters. The molecule has 0 heterocycles. The number of hydrogen-bond donors (Lipinski definition) is 0. The topological polar surface area (TPSA) is 60.2 Å². The molecule has 0 fully saturated rings. The maximum atomic E-state index is 12.7. The Bertz CT molecular complexity index is 609. The van der Waals surface area contributed by atoms with Crippen molar-refractivity contribution in [2.75, 3.05) is 7.11 Å². The van der Waals surface area contributed by atoms with Crippen molar-refractivity contribution in [1.82, 2.24) is 0 Å². The highest BCUT2D eigenvalue weighted by Gasteiger charge is 1.99. The third kappa shape index (κ3) is 3.88. The zero-order valence-corrected chi connectivity index (χ0v) is 10.6. The van der Waals surface area contributed by atoms with E-state index >= 15 is 0 Å². The molecular weight excluding hydrogens is 263 g/mol. The molecule has 0 saturated carbocycles. The molecule has 0 spiro atoms. The minimum Gasteiger partial charge on any atom is -0.457 e. The number of benzene rings is 2. The van der Waals surface area contributed by atoms with Crippen LogP contribution in [-0.4, -0.2) is 13.2 Å². The van der Waals surface area contributed by atoms with E-state index < -0.39 is 6.09 Å². The third-order valence-electron chi connectivity index (χ3n) is 2.31. The van der Waals surface area contributed by atoms with Crippen molar-refractivity contribution >= 4 is 11.8 Å². The zero-order chi connectivity index (χ0) is 14.4. The van der Waals surface area contributed by atoms with Gasteiger partial charge in [0.2, 0.25) is 0 Å². The van der Waals surface area contributed by atoms with Gasteiger partial charge in [0.15, 0.2) is 0 Å². The molecule has 0 N–H and O–H groups in total. The van der Waals surface area contributed by atoms with Crippen molar-refractivity contribution in [2.24, 2.45) is 10.2 Å². The first-order valence-corrected chi connectivity index (χ1v) is 5.70. The molecule has 1 amide bonds. The van der Waals surface area contributed by atoms with E-state index in [2.05, 4.69) is 15.0 Å². The van der Waals surface area contributed by atoms with Gasteiger partial charge in [-0.15, -0.1) is 5.11 Å². The van der Waals surface area contributed by atoms with Gasteiger partial charge in [-0.1, -0.05) is 5.11 Å². The number of azo groups is 1. The van der Waals surface area contributed by atoms with Crippen molar-refractivity contribution in [1.29, 1.82) is 0 Å². The highest BCUT2D eigenvalue weighted by atomic mass is 19.1. The first-order valence-electron chi connectivity index (χ1n) is 5.70. The fourth-order valence-electron chi connectivity index (χ4n) is 1.36. The summed E-state index contributed by atoms with van der Waals surface area (Å²) >= 11 is 0. The molecule has 5 nitrogen and oxygen atoms in total. The predicted octanol–water partition coefficient (Wildman–Crippen LogP) is 4.47. The number of hydrogen-bond acceptors (Lipinski definition) is 4. The molecule has 0 saturated heterocycles. The monoisotopic (exact) mass is 274 g/mol. The molecule has 0 atom stereocenters. The Morgan fingerprint density at radius 3 is 2.10 bits per heavy atom. The third-order valence-corrected chi connectivity index (χ3v) is 2.31. The van der Waals surface area contributed by atoms with Crippen molar-refractivity contribution in [3.63, 3.8) is 0 Å². The van der Waals surface area contributed by atoms with Gasteiger partial charge in [-0.3, -0.25) is 0 Å². The summed E-state index contributed by atoms with van der Waals surface area (Å²) in [7, 11) is 1.22. The van der Waals surface area contributed by atoms with Crippen molar-refractivity contribution in [2.45, 2.75) is 0 Å². The van der Waals surface area contributed by atoms with Crippen LogP contribution in [-0.2, 0) is 4.74 Å². The van der Waals surface area contributed by atoms with Crippen LogP contribution in [0.15, 0.2) is 58.8 Å². The van der Waals surface area contributed by atoms with Crippen LogP contribution in [0.3, 0.4) is 0 Å². The van der Waals surface area contributed by atoms with Crippen LogP contribution in [0, 0.1) is 5.82 Å². The molecule has 0 aliphatic rings. The Balaban J connectivity index is 2.03. The fraction of sp³-hybridized carbons (Fsp3) is 0.0714. The summed E-state index contributed by atoms with van der Waals surface area (Å²) in [5.74, 6) is 0.764. The zero-order valence-electron chi connectivity index (χ0n) is 10.6. The minimum absolute atomic E-state index is 0.323. The molecule has 102 valence electrons. The Hall–Kier alpha value is -2.76. The Morgan fingerprint density at radius 1 is 1.00 bits per heavy atom. The Labute approximate surface area is 114 Å². The van der Waals surface area contributed by atoms with Crippen LogP contribution in [0.5, 0.6) is 11.5 Å². The summed E-state index contributed by atoms with van der Waals surface area (Å²) in [6, 6.07) is 12.3. The molecule has 0 radical (unpaired) electrons. The van der Waals surface area contributed by atoms with Crippen LogP contribution in [0.25, 0.3) is 0 Å². The summed E-state index contributed by atoms with van der Waals surface area (Å²) in [6.45, 7) is 0. The lowest BCUT2D eigenvalue weighted by molar-refractivity contribution is 0.181. The molecule has 2 rings (SSSR count). The molecule has 0 aliphatic carbocycles. The molecule has 0 bridgehead atoms. The maximum absolute atomic E-state index is 12.7. The highest BCUT2D eigenvalue weighted by Crippen LogP contribution is 2.24. The van der Waals surface area contributed by atoms with Gasteiger partial charge in [0.05, 0.1) is 12.8 Å². The van der Waals surface area contributed by atoms with Gasteiger partial charge in [-0.25, -0.2) is 9.18 Å². The molecule has 0 aromatic heterocycles. The van der Waals surface area contributed by atoms with Crippen LogP contribution in [0.4, 0.5) is 14.9 Å². The second kappa shape index (κ2) is 6.42. The van der Waals surface area contributed by atoms with E-state index in [9.17, 15) is 9.18 Å². The largest absolute Gasteiger partial charge is 0.457 e. The van der Waals surface area contributed by atoms with Gasteiger partial charge < -0.3 is 9.47 Å². The number of halogens is 1. The number of amides is 1. The molecule has 6 heteroatoms. The van der Waals surface area contributed by atoms with Gasteiger partial charge >= 0.3 is 6.09 Å². The van der Waals surface area contributed by atoms with E-state index in [4.69, 9.17) is 4.74 Å². The number of carbonyl (C=O) groups is 1. The smallest absolute Gasteiger partial charge is 0.452 e. The molecule has 0 aliphatic heterocycles. The van der Waals surface area contributed by atoms with E-state index in [1.807, 2.05) is 0 Å². The quantitative estimate of drug-likeness (QED) is 0.776. The van der Waals surface area contributed by atoms with Crippen LogP contribution < -0.4 is 4.74 Å². The second-order valence-electron chi connectivity index (χ2n) is 3.72. The lowest BCUT2D eigenvalue weighted by atomic mass is 10.3. The lowest BCUT2D eigenvalue weighted by Gasteiger charge is -2.05. The summed E-state index contributed by atoms with van der Waals surface area (Å²) in [5, 5.41) is 7.00. The van der Waals surface area contributed by atoms with Gasteiger partial charge in [0.25, 0.3) is 0 Å². The standard InChI is InChI=1S/C14H11FN2O3/c1-19-14(18)17-16-11-4-8-13(9-5-11)20-12-6-2-10(15)3-7-12/h2-9H,1H3. The lowest BCUT2D eigenvalue weighted by Crippen LogP contribution is -1.89. The van der Waals surface area contributed by atoms with E-state index in [0.29, 0.717) is 17.2 Å². The van der Waals surface area contributed by atoms with Crippen molar-refractivity contribution < 1.29 is 18.7 Å². The van der Waals surface area contributed by atoms with Gasteiger partial charge in [0.1, 0.15) is 17.3 Å². The van der Waals surface area contributed by atoms with E-state index in [1.54, 1.807) is 24.3 Å². The SMILES string of the molecule is COC(=O)N=Nc1ccc(Oc2ccc(F)cc2)cc1. The highest BCUT2D eigenvalue weighted by molar-refractivity contribution is 5.67. The minimum atomic E-state index is -0.767. The normalized spacial score (nSPS) is 10.5. The second-order valence-corrected chi connectivity index (χ2v) is 3.72. The molecular formula is C14H11FN2O3. The predicted molar refractivity (Wildman–Crippen MR) is 69.8 cm³/mol. The van der Waals surface area contributed by atoms with Crippen LogP contribution >= 0.6 is 0 Å². The Kier molecular flexibility index (Phi) is 4.39. The van der Waals surface area contributed by atoms with E-state index in [1.165, 1.54) is 31.4 Å². The summed E-state index contributed by atoms with van der Waals surface area (Å²) in [5.41, 5.74) is 0.488. The van der Waals surface area contributed by atoms with Gasteiger partial charge in [-0.2, -0.15) is 0 Å². The summed E-state index contributed by atoms with van der Waals surface area (Å²) in [4.78, 5) is 10.8. The average molecular weight is 274 g/mol. The first-order chi connectivity index (χ1) is 9.67. The fourth-order valence-corrected chi connectivity index (χ4v) is 1.36. The first kappa shape index (κ1) is 13.7. The number of rotatable bonds is 3. The number of carbonyl (C=O) groups excluding carboxylic acids is 1. The molecule has 2 aromatic rings. The molecule has 2 aromatic carbocycles. The van der Waals surface area contributed by atoms with Crippen molar-refractivity contribution in [3.8, 4) is 11.5 Å². The maximum Gasteiger partial charge on any atom is 0.452 e. The Morgan fingerprint density at radius 2 is 1.55 bits per heavy atom. The average Bonchev–Trinajstić information content (AvgIpc) is 2.48. The molecule has 20 heavy (non-hydrogen) atoms. The van der Waals surface area contributed by atoms with Crippen LogP contribution in [0.1, 0.15) is 0 Å². The van der Waals surface area contributed by atoms with Crippen molar-refractivity contribution in [3.05, 3.63) is 54.3 Å². The van der Waals surface area contributed by atoms with Gasteiger partial charge in [-0.05, 0) is 48.5 Å². The van der Waals surface area contributed by atoms with Crippen LogP contribution in [0.2, 0.25) is 0 Å². The number of nitrogens with zero attached hydrogens (tertiary/aromatic N) is 2. The van der Waals surface area contributed by atoms with E-state index in [0.717, 1.165) is 0 Å².